The zero-order valence-electron chi connectivity index (χ0n) is 7.81. The summed E-state index contributed by atoms with van der Waals surface area (Å²) in [5.41, 5.74) is 6.34. The summed E-state index contributed by atoms with van der Waals surface area (Å²) in [7, 11) is 0. The highest BCUT2D eigenvalue weighted by Gasteiger charge is 2.20. The minimum atomic E-state index is -0.211. The molecule has 0 aliphatic rings. The Bertz CT molecular complexity index is 229. The molecule has 12 heavy (non-hydrogen) atoms. The van der Waals surface area contributed by atoms with Crippen LogP contribution >= 0.6 is 12.6 Å². The van der Waals surface area contributed by atoms with Gasteiger partial charge < -0.3 is 11.1 Å². The predicted molar refractivity (Wildman–Crippen MR) is 57.6 cm³/mol. The zero-order chi connectivity index (χ0) is 9.94. The van der Waals surface area contributed by atoms with Crippen molar-refractivity contribution < 1.29 is 0 Å². The quantitative estimate of drug-likeness (QED) is 0.344. The van der Waals surface area contributed by atoms with Gasteiger partial charge in [0.2, 0.25) is 0 Å². The lowest BCUT2D eigenvalue weighted by Gasteiger charge is -2.21. The van der Waals surface area contributed by atoms with Crippen LogP contribution in [0.25, 0.3) is 0 Å². The number of rotatable bonds is 2. The molecule has 0 fully saturated rings. The van der Waals surface area contributed by atoms with Crippen molar-refractivity contribution in [1.82, 2.24) is 0 Å². The van der Waals surface area contributed by atoms with Crippen molar-refractivity contribution in [2.24, 2.45) is 11.1 Å². The Morgan fingerprint density at radius 1 is 1.50 bits per heavy atom. The maximum absolute atomic E-state index is 7.77. The highest BCUT2D eigenvalue weighted by Crippen LogP contribution is 2.22. The first-order valence-electron chi connectivity index (χ1n) is 3.71. The minimum Gasteiger partial charge on any atom is -0.393 e. The van der Waals surface area contributed by atoms with Gasteiger partial charge in [-0.05, 0) is 0 Å². The van der Waals surface area contributed by atoms with E-state index in [4.69, 9.17) is 11.1 Å². The van der Waals surface area contributed by atoms with Crippen LogP contribution in [-0.4, -0.2) is 5.71 Å². The minimum absolute atomic E-state index is 0.211. The number of hydrogen-bond acceptors (Lipinski definition) is 3. The van der Waals surface area contributed by atoms with E-state index in [9.17, 15) is 0 Å². The van der Waals surface area contributed by atoms with Crippen LogP contribution in [-0.2, 0) is 0 Å². The molecule has 0 amide bonds. The third-order valence-electron chi connectivity index (χ3n) is 1.50. The fraction of sp³-hybridized carbons (Fsp3) is 0.444. The molecule has 0 saturated heterocycles. The second-order valence-electron chi connectivity index (χ2n) is 3.63. The lowest BCUT2D eigenvalue weighted by molar-refractivity contribution is 0.588. The van der Waals surface area contributed by atoms with E-state index in [-0.39, 0.29) is 5.41 Å². The van der Waals surface area contributed by atoms with E-state index >= 15 is 0 Å². The third-order valence-corrected chi connectivity index (χ3v) is 1.74. The smallest absolute Gasteiger partial charge is 0.0716 e. The summed E-state index contributed by atoms with van der Waals surface area (Å²) < 4.78 is 0. The first-order chi connectivity index (χ1) is 5.30. The largest absolute Gasteiger partial charge is 0.393 e. The molecule has 0 rings (SSSR count). The monoisotopic (exact) mass is 184 g/mol. The highest BCUT2D eigenvalue weighted by atomic mass is 32.1. The Morgan fingerprint density at radius 2 is 1.92 bits per heavy atom. The van der Waals surface area contributed by atoms with E-state index in [0.29, 0.717) is 16.3 Å². The van der Waals surface area contributed by atoms with Crippen molar-refractivity contribution in [3.8, 4) is 0 Å². The Balaban J connectivity index is 4.94. The van der Waals surface area contributed by atoms with Crippen LogP contribution in [0.5, 0.6) is 0 Å². The summed E-state index contributed by atoms with van der Waals surface area (Å²) in [5.74, 6) is 0. The number of allylic oxidation sites excluding steroid dienone is 2. The van der Waals surface area contributed by atoms with Crippen LogP contribution in [0, 0.1) is 10.8 Å². The van der Waals surface area contributed by atoms with Gasteiger partial charge in [0.05, 0.1) is 5.03 Å². The second-order valence-corrected chi connectivity index (χ2v) is 4.11. The summed E-state index contributed by atoms with van der Waals surface area (Å²) in [6.07, 6.45) is 1.57. The normalized spacial score (nSPS) is 13.7. The molecule has 3 N–H and O–H groups in total. The molecule has 0 radical (unpaired) electrons. The number of hydrogen-bond donors (Lipinski definition) is 3. The topological polar surface area (TPSA) is 49.9 Å². The lowest BCUT2D eigenvalue weighted by atomic mass is 9.86. The van der Waals surface area contributed by atoms with E-state index in [1.54, 1.807) is 6.08 Å². The van der Waals surface area contributed by atoms with Crippen molar-refractivity contribution in [1.29, 1.82) is 5.41 Å². The lowest BCUT2D eigenvalue weighted by Crippen LogP contribution is -2.22. The number of nitrogens with one attached hydrogen (secondary N) is 1. The van der Waals surface area contributed by atoms with E-state index in [1.807, 2.05) is 20.8 Å². The molecule has 0 unspecified atom stereocenters. The maximum Gasteiger partial charge on any atom is 0.0716 e. The predicted octanol–water partition coefficient (Wildman–Crippen LogP) is 2.34. The average molecular weight is 184 g/mol. The van der Waals surface area contributed by atoms with Crippen molar-refractivity contribution in [2.75, 3.05) is 0 Å². The fourth-order valence-corrected chi connectivity index (χ4v) is 0.942. The summed E-state index contributed by atoms with van der Waals surface area (Å²) in [4.78, 5) is 0. The molecule has 0 aliphatic heterocycles. The van der Waals surface area contributed by atoms with Crippen LogP contribution in [0.2, 0.25) is 0 Å². The first-order valence-corrected chi connectivity index (χ1v) is 4.16. The third kappa shape index (κ3) is 2.74. The van der Waals surface area contributed by atoms with Gasteiger partial charge in [-0.1, -0.05) is 33.4 Å². The second kappa shape index (κ2) is 3.81. The van der Waals surface area contributed by atoms with Crippen LogP contribution in [0.15, 0.2) is 23.3 Å². The molecule has 0 saturated carbocycles. The van der Waals surface area contributed by atoms with Crippen LogP contribution in [0.1, 0.15) is 20.8 Å². The van der Waals surface area contributed by atoms with E-state index in [1.165, 1.54) is 0 Å². The standard InChI is InChI=1S/C9H16N2S/c1-5-6(8(11)12)7(10)9(2,3)4/h5,10,12H,1,11H2,2-4H3/b8-6-,10-7?. The summed E-state index contributed by atoms with van der Waals surface area (Å²) in [6, 6.07) is 0. The highest BCUT2D eigenvalue weighted by molar-refractivity contribution is 7.84. The van der Waals surface area contributed by atoms with E-state index in [2.05, 4.69) is 19.2 Å². The van der Waals surface area contributed by atoms with Gasteiger partial charge >= 0.3 is 0 Å². The Morgan fingerprint density at radius 3 is 2.00 bits per heavy atom. The van der Waals surface area contributed by atoms with Crippen molar-refractivity contribution in [3.63, 3.8) is 0 Å². The molecule has 0 aromatic rings. The van der Waals surface area contributed by atoms with Gasteiger partial charge in [0.15, 0.2) is 0 Å². The molecule has 68 valence electrons. The Labute approximate surface area is 79.5 Å². The van der Waals surface area contributed by atoms with Gasteiger partial charge in [-0.3, -0.25) is 0 Å². The summed E-state index contributed by atoms with van der Waals surface area (Å²) >= 11 is 3.99. The van der Waals surface area contributed by atoms with E-state index in [0.717, 1.165) is 0 Å². The van der Waals surface area contributed by atoms with Crippen LogP contribution < -0.4 is 5.73 Å². The fourth-order valence-electron chi connectivity index (χ4n) is 0.739. The SMILES string of the molecule is C=C/C(C(=N)C(C)(C)C)=C(\N)S. The molecule has 0 spiro atoms. The van der Waals surface area contributed by atoms with Gasteiger partial charge in [0.1, 0.15) is 0 Å². The molecular weight excluding hydrogens is 168 g/mol. The van der Waals surface area contributed by atoms with Crippen molar-refractivity contribution in [3.05, 3.63) is 23.3 Å². The molecular formula is C9H16N2S. The Kier molecular flexibility index (Phi) is 3.58. The summed E-state index contributed by atoms with van der Waals surface area (Å²) in [5, 5.41) is 8.12. The first kappa shape index (κ1) is 11.3. The zero-order valence-corrected chi connectivity index (χ0v) is 8.70. The Hall–Kier alpha value is -0.700. The average Bonchev–Trinajstić information content (AvgIpc) is 1.86. The van der Waals surface area contributed by atoms with Gasteiger partial charge in [0.25, 0.3) is 0 Å². The molecule has 0 bridgehead atoms. The van der Waals surface area contributed by atoms with E-state index < -0.39 is 0 Å². The summed E-state index contributed by atoms with van der Waals surface area (Å²) in [6.45, 7) is 9.45. The number of thiol groups is 1. The molecule has 3 heteroatoms. The van der Waals surface area contributed by atoms with Crippen LogP contribution in [0.3, 0.4) is 0 Å². The molecule has 0 heterocycles. The molecule has 0 atom stereocenters. The molecule has 0 aliphatic carbocycles. The van der Waals surface area contributed by atoms with Gasteiger partial charge in [-0.25, -0.2) is 0 Å². The van der Waals surface area contributed by atoms with Gasteiger partial charge in [0, 0.05) is 16.7 Å². The van der Waals surface area contributed by atoms with Gasteiger partial charge in [-0.2, -0.15) is 0 Å². The van der Waals surface area contributed by atoms with Crippen LogP contribution in [0.4, 0.5) is 0 Å². The van der Waals surface area contributed by atoms with Crippen molar-refractivity contribution >= 4 is 18.3 Å². The molecule has 0 aromatic carbocycles. The maximum atomic E-state index is 7.77. The molecule has 0 aromatic heterocycles. The van der Waals surface area contributed by atoms with Gasteiger partial charge in [-0.15, -0.1) is 12.6 Å². The molecule has 2 nitrogen and oxygen atoms in total. The van der Waals surface area contributed by atoms with Crippen molar-refractivity contribution in [2.45, 2.75) is 20.8 Å². The number of nitrogens with two attached hydrogens (primary N) is 1.